The molecule has 0 aliphatic rings. The average molecular weight is 370 g/mol. The number of methoxy groups -OCH3 is 1. The van der Waals surface area contributed by atoms with E-state index in [9.17, 15) is 9.59 Å². The lowest BCUT2D eigenvalue weighted by Gasteiger charge is -2.19. The Labute approximate surface area is 160 Å². The fourth-order valence-corrected chi connectivity index (χ4v) is 2.83. The molecule has 0 radical (unpaired) electrons. The van der Waals surface area contributed by atoms with E-state index in [-0.39, 0.29) is 30.9 Å². The van der Waals surface area contributed by atoms with Crippen molar-refractivity contribution < 1.29 is 19.2 Å². The fraction of sp³-hybridized carbons (Fsp3) is 0.333. The lowest BCUT2D eigenvalue weighted by molar-refractivity contribution is -0.881. The minimum Gasteiger partial charge on any atom is -0.495 e. The van der Waals surface area contributed by atoms with E-state index in [1.807, 2.05) is 56.3 Å². The van der Waals surface area contributed by atoms with E-state index in [1.54, 1.807) is 19.2 Å². The fourth-order valence-electron chi connectivity index (χ4n) is 2.83. The van der Waals surface area contributed by atoms with Crippen molar-refractivity contribution in [2.24, 2.45) is 0 Å². The van der Waals surface area contributed by atoms with Crippen LogP contribution in [0.4, 0.5) is 5.69 Å². The normalized spacial score (nSPS) is 12.7. The molecule has 2 aromatic carbocycles. The topological polar surface area (TPSA) is 71.9 Å². The Morgan fingerprint density at radius 3 is 2.30 bits per heavy atom. The smallest absolute Gasteiger partial charge is 0.279 e. The van der Waals surface area contributed by atoms with Crippen molar-refractivity contribution in [3.05, 3.63) is 60.2 Å². The standard InChI is InChI=1S/C21H27N3O3/c1-4-24(14-20(25)22-16(2)17-10-6-5-7-11-17)15-21(26)23-18-12-8-9-13-19(18)27-3/h5-13,16H,4,14-15H2,1-3H3,(H,22,25)(H,23,26)/p+1/t16-/m0/s1. The van der Waals surface area contributed by atoms with E-state index in [1.165, 1.54) is 0 Å². The number of nitrogens with one attached hydrogen (secondary N) is 3. The van der Waals surface area contributed by atoms with E-state index in [2.05, 4.69) is 10.6 Å². The molecule has 6 nitrogen and oxygen atoms in total. The summed E-state index contributed by atoms with van der Waals surface area (Å²) >= 11 is 0. The lowest BCUT2D eigenvalue weighted by Crippen LogP contribution is -3.14. The molecule has 0 saturated carbocycles. The van der Waals surface area contributed by atoms with Gasteiger partial charge in [-0.2, -0.15) is 0 Å². The molecule has 0 aliphatic carbocycles. The van der Waals surface area contributed by atoms with Crippen molar-refractivity contribution in [2.45, 2.75) is 19.9 Å². The summed E-state index contributed by atoms with van der Waals surface area (Å²) in [5.74, 6) is 0.381. The average Bonchev–Trinajstić information content (AvgIpc) is 2.68. The van der Waals surface area contributed by atoms with Gasteiger partial charge in [-0.1, -0.05) is 42.5 Å². The molecular weight excluding hydrogens is 342 g/mol. The molecule has 6 heteroatoms. The third kappa shape index (κ3) is 6.42. The van der Waals surface area contributed by atoms with E-state index in [0.29, 0.717) is 18.0 Å². The number of carbonyl (C=O) groups is 2. The van der Waals surface area contributed by atoms with Gasteiger partial charge in [0.25, 0.3) is 11.8 Å². The highest BCUT2D eigenvalue weighted by Crippen LogP contribution is 2.22. The molecule has 0 fully saturated rings. The molecule has 2 aromatic rings. The molecule has 0 saturated heterocycles. The summed E-state index contributed by atoms with van der Waals surface area (Å²) in [5, 5.41) is 5.84. The molecule has 0 aliphatic heterocycles. The maximum atomic E-state index is 12.4. The summed E-state index contributed by atoms with van der Waals surface area (Å²) in [4.78, 5) is 25.6. The van der Waals surface area contributed by atoms with Crippen molar-refractivity contribution in [1.29, 1.82) is 0 Å². The van der Waals surface area contributed by atoms with Gasteiger partial charge in [0.1, 0.15) is 5.75 Å². The number of ether oxygens (including phenoxy) is 1. The molecule has 2 atom stereocenters. The number of hydrogen-bond acceptors (Lipinski definition) is 3. The summed E-state index contributed by atoms with van der Waals surface area (Å²) in [6.45, 7) is 5.04. The molecular formula is C21H28N3O3+. The van der Waals surface area contributed by atoms with Gasteiger partial charge in [-0.05, 0) is 31.5 Å². The minimum atomic E-state index is -0.153. The number of rotatable bonds is 9. The van der Waals surface area contributed by atoms with Crippen molar-refractivity contribution in [2.75, 3.05) is 32.1 Å². The second-order valence-electron chi connectivity index (χ2n) is 6.41. The largest absolute Gasteiger partial charge is 0.495 e. The molecule has 144 valence electrons. The van der Waals surface area contributed by atoms with E-state index >= 15 is 0 Å². The van der Waals surface area contributed by atoms with Crippen LogP contribution < -0.4 is 20.3 Å². The molecule has 2 amide bonds. The predicted molar refractivity (Wildman–Crippen MR) is 106 cm³/mol. The number of quaternary nitrogens is 1. The summed E-state index contributed by atoms with van der Waals surface area (Å²) in [6.07, 6.45) is 0. The van der Waals surface area contributed by atoms with Crippen LogP contribution in [0.2, 0.25) is 0 Å². The first-order valence-electron chi connectivity index (χ1n) is 9.14. The number of anilines is 1. The second-order valence-corrected chi connectivity index (χ2v) is 6.41. The number of hydrogen-bond donors (Lipinski definition) is 3. The van der Waals surface area contributed by atoms with Crippen LogP contribution in [0.1, 0.15) is 25.5 Å². The van der Waals surface area contributed by atoms with Gasteiger partial charge in [0.15, 0.2) is 13.1 Å². The monoisotopic (exact) mass is 370 g/mol. The highest BCUT2D eigenvalue weighted by molar-refractivity contribution is 5.93. The molecule has 0 spiro atoms. The van der Waals surface area contributed by atoms with E-state index in [4.69, 9.17) is 4.74 Å². The molecule has 0 aromatic heterocycles. The quantitative estimate of drug-likeness (QED) is 0.625. The molecule has 1 unspecified atom stereocenters. The first kappa shape index (κ1) is 20.5. The third-order valence-electron chi connectivity index (χ3n) is 4.38. The number of para-hydroxylation sites is 2. The van der Waals surface area contributed by atoms with Crippen molar-refractivity contribution in [3.8, 4) is 5.75 Å². The Morgan fingerprint density at radius 2 is 1.63 bits per heavy atom. The van der Waals surface area contributed by atoms with Crippen LogP contribution in [0.3, 0.4) is 0 Å². The predicted octanol–water partition coefficient (Wildman–Crippen LogP) is 1.42. The summed E-state index contributed by atoms with van der Waals surface area (Å²) in [6, 6.07) is 17.0. The second kappa shape index (κ2) is 10.3. The maximum absolute atomic E-state index is 12.4. The van der Waals surface area contributed by atoms with Gasteiger partial charge in [0.05, 0.1) is 25.4 Å². The first-order valence-corrected chi connectivity index (χ1v) is 9.14. The van der Waals surface area contributed by atoms with Crippen molar-refractivity contribution in [3.63, 3.8) is 0 Å². The van der Waals surface area contributed by atoms with Gasteiger partial charge in [0.2, 0.25) is 0 Å². The Bertz CT molecular complexity index is 749. The SMILES string of the molecule is CC[NH+](CC(=O)Nc1ccccc1OC)CC(=O)N[C@@H](C)c1ccccc1. The van der Waals surface area contributed by atoms with Crippen LogP contribution >= 0.6 is 0 Å². The summed E-state index contributed by atoms with van der Waals surface area (Å²) in [7, 11) is 1.56. The summed E-state index contributed by atoms with van der Waals surface area (Å²) in [5.41, 5.74) is 1.68. The van der Waals surface area contributed by atoms with Gasteiger partial charge < -0.3 is 20.3 Å². The zero-order valence-corrected chi connectivity index (χ0v) is 16.1. The zero-order chi connectivity index (χ0) is 19.6. The van der Waals surface area contributed by atoms with Gasteiger partial charge in [-0.3, -0.25) is 9.59 Å². The highest BCUT2D eigenvalue weighted by atomic mass is 16.5. The van der Waals surface area contributed by atoms with Crippen LogP contribution in [-0.2, 0) is 9.59 Å². The van der Waals surface area contributed by atoms with Gasteiger partial charge in [-0.15, -0.1) is 0 Å². The molecule has 0 bridgehead atoms. The Balaban J connectivity index is 1.87. The van der Waals surface area contributed by atoms with Gasteiger partial charge in [-0.25, -0.2) is 0 Å². The Kier molecular flexibility index (Phi) is 7.82. The minimum absolute atomic E-state index is 0.0702. The molecule has 3 N–H and O–H groups in total. The number of carbonyl (C=O) groups excluding carboxylic acids is 2. The van der Waals surface area contributed by atoms with Gasteiger partial charge >= 0.3 is 0 Å². The Hall–Kier alpha value is -2.86. The number of amides is 2. The molecule has 0 heterocycles. The van der Waals surface area contributed by atoms with Crippen molar-refractivity contribution >= 4 is 17.5 Å². The van der Waals surface area contributed by atoms with Crippen LogP contribution in [0, 0.1) is 0 Å². The van der Waals surface area contributed by atoms with Crippen LogP contribution in [0.25, 0.3) is 0 Å². The van der Waals surface area contributed by atoms with E-state index < -0.39 is 0 Å². The lowest BCUT2D eigenvalue weighted by atomic mass is 10.1. The Morgan fingerprint density at radius 1 is 1.00 bits per heavy atom. The molecule has 27 heavy (non-hydrogen) atoms. The zero-order valence-electron chi connectivity index (χ0n) is 16.1. The van der Waals surface area contributed by atoms with E-state index in [0.717, 1.165) is 10.5 Å². The van der Waals surface area contributed by atoms with Crippen LogP contribution in [-0.4, -0.2) is 38.6 Å². The van der Waals surface area contributed by atoms with Gasteiger partial charge in [0, 0.05) is 0 Å². The van der Waals surface area contributed by atoms with Crippen molar-refractivity contribution in [1.82, 2.24) is 5.32 Å². The highest BCUT2D eigenvalue weighted by Gasteiger charge is 2.19. The van der Waals surface area contributed by atoms with Crippen LogP contribution in [0.15, 0.2) is 54.6 Å². The molecule has 2 rings (SSSR count). The summed E-state index contributed by atoms with van der Waals surface area (Å²) < 4.78 is 5.24. The van der Waals surface area contributed by atoms with Crippen LogP contribution in [0.5, 0.6) is 5.75 Å². The maximum Gasteiger partial charge on any atom is 0.279 e. The third-order valence-corrected chi connectivity index (χ3v) is 4.38. The first-order chi connectivity index (χ1) is 13.0. The number of benzene rings is 2. The number of likely N-dealkylation sites (N-methyl/N-ethyl adjacent to an activating group) is 1.